The van der Waals surface area contributed by atoms with Gasteiger partial charge >= 0.3 is 0 Å². The highest BCUT2D eigenvalue weighted by Crippen LogP contribution is 2.19. The van der Waals surface area contributed by atoms with Crippen LogP contribution in [0.4, 0.5) is 18.9 Å². The Morgan fingerprint density at radius 2 is 1.75 bits per heavy atom. The Morgan fingerprint density at radius 1 is 1.07 bits per heavy atom. The lowest BCUT2D eigenvalue weighted by atomic mass is 10.2. The monoisotopic (exact) mass is 458 g/mol. The molecule has 150 valence electrons. The average Bonchev–Trinajstić information content (AvgIpc) is 2.67. The van der Waals surface area contributed by atoms with Crippen molar-refractivity contribution >= 4 is 33.4 Å². The summed E-state index contributed by atoms with van der Waals surface area (Å²) in [6, 6.07) is 8.49. The normalized spacial score (nSPS) is 10.5. The molecule has 0 spiro atoms. The van der Waals surface area contributed by atoms with Gasteiger partial charge in [-0.25, -0.2) is 13.2 Å². The van der Waals surface area contributed by atoms with E-state index in [1.807, 2.05) is 6.92 Å². The number of carbonyl (C=O) groups excluding carboxylic acids is 2. The van der Waals surface area contributed by atoms with Gasteiger partial charge < -0.3 is 15.0 Å². The van der Waals surface area contributed by atoms with E-state index < -0.39 is 35.0 Å². The zero-order valence-corrected chi connectivity index (χ0v) is 16.6. The number of amides is 2. The lowest BCUT2D eigenvalue weighted by Crippen LogP contribution is -2.41. The first-order valence-corrected chi connectivity index (χ1v) is 9.20. The molecule has 0 radical (unpaired) electrons. The van der Waals surface area contributed by atoms with Gasteiger partial charge in [0.05, 0.1) is 12.2 Å². The Morgan fingerprint density at radius 3 is 2.39 bits per heavy atom. The maximum atomic E-state index is 13.7. The van der Waals surface area contributed by atoms with Gasteiger partial charge in [-0.05, 0) is 42.8 Å². The molecular weight excluding hydrogens is 441 g/mol. The van der Waals surface area contributed by atoms with Crippen molar-refractivity contribution in [3.63, 3.8) is 0 Å². The SMILES string of the molecule is CCCN(CC(=O)Nc1ccc(F)c(F)c1F)C(=O)COc1ccc(Br)cc1. The Kier molecular flexibility index (Phi) is 7.86. The number of hydrogen-bond donors (Lipinski definition) is 1. The summed E-state index contributed by atoms with van der Waals surface area (Å²) in [5.41, 5.74) is -0.501. The molecule has 2 rings (SSSR count). The Balaban J connectivity index is 1.97. The number of halogens is 4. The molecule has 1 N–H and O–H groups in total. The lowest BCUT2D eigenvalue weighted by molar-refractivity contribution is -0.136. The van der Waals surface area contributed by atoms with Crippen LogP contribution in [0.1, 0.15) is 13.3 Å². The number of hydrogen-bond acceptors (Lipinski definition) is 3. The maximum Gasteiger partial charge on any atom is 0.260 e. The predicted molar refractivity (Wildman–Crippen MR) is 101 cm³/mol. The quantitative estimate of drug-likeness (QED) is 0.605. The Hall–Kier alpha value is -2.55. The van der Waals surface area contributed by atoms with Gasteiger partial charge in [0.25, 0.3) is 5.91 Å². The third-order valence-corrected chi connectivity index (χ3v) is 4.19. The first kappa shape index (κ1) is 21.7. The van der Waals surface area contributed by atoms with Gasteiger partial charge in [0.1, 0.15) is 5.75 Å². The van der Waals surface area contributed by atoms with E-state index in [4.69, 9.17) is 4.74 Å². The number of carbonyl (C=O) groups is 2. The number of benzene rings is 2. The van der Waals surface area contributed by atoms with Crippen molar-refractivity contribution < 1.29 is 27.5 Å². The van der Waals surface area contributed by atoms with E-state index in [-0.39, 0.29) is 19.7 Å². The van der Waals surface area contributed by atoms with Crippen LogP contribution in [0.25, 0.3) is 0 Å². The van der Waals surface area contributed by atoms with Crippen LogP contribution in [-0.2, 0) is 9.59 Å². The number of nitrogens with one attached hydrogen (secondary N) is 1. The molecule has 0 unspecified atom stereocenters. The van der Waals surface area contributed by atoms with E-state index in [2.05, 4.69) is 21.2 Å². The van der Waals surface area contributed by atoms with Crippen molar-refractivity contribution in [2.24, 2.45) is 0 Å². The fraction of sp³-hybridized carbons (Fsp3) is 0.263. The van der Waals surface area contributed by atoms with Crippen molar-refractivity contribution in [3.05, 3.63) is 58.3 Å². The van der Waals surface area contributed by atoms with Gasteiger partial charge in [0.15, 0.2) is 24.1 Å². The molecule has 0 atom stereocenters. The molecule has 0 aliphatic heterocycles. The largest absolute Gasteiger partial charge is 0.484 e. The molecule has 2 aromatic rings. The fourth-order valence-electron chi connectivity index (χ4n) is 2.31. The molecule has 2 amide bonds. The lowest BCUT2D eigenvalue weighted by Gasteiger charge is -2.22. The summed E-state index contributed by atoms with van der Waals surface area (Å²) in [6.07, 6.45) is 0.580. The third-order valence-electron chi connectivity index (χ3n) is 3.67. The molecule has 0 saturated carbocycles. The molecule has 28 heavy (non-hydrogen) atoms. The van der Waals surface area contributed by atoms with Crippen LogP contribution in [0.5, 0.6) is 5.75 Å². The van der Waals surface area contributed by atoms with E-state index in [0.29, 0.717) is 18.2 Å². The molecular formula is C19H18BrF3N2O3. The van der Waals surface area contributed by atoms with Gasteiger partial charge in [-0.1, -0.05) is 22.9 Å². The molecule has 9 heteroatoms. The standard InChI is InChI=1S/C19H18BrF3N2O3/c1-2-9-25(17(27)11-28-13-5-3-12(20)4-6-13)10-16(26)24-15-8-7-14(21)18(22)19(15)23/h3-8H,2,9-11H2,1H3,(H,24,26). The first-order chi connectivity index (χ1) is 13.3. The van der Waals surface area contributed by atoms with Crippen molar-refractivity contribution in [1.29, 1.82) is 0 Å². The maximum absolute atomic E-state index is 13.7. The second-order valence-corrected chi connectivity index (χ2v) is 6.74. The molecule has 0 bridgehead atoms. The van der Waals surface area contributed by atoms with Crippen LogP contribution in [0.2, 0.25) is 0 Å². The van der Waals surface area contributed by atoms with Crippen LogP contribution < -0.4 is 10.1 Å². The smallest absolute Gasteiger partial charge is 0.260 e. The van der Waals surface area contributed by atoms with Crippen molar-refractivity contribution in [1.82, 2.24) is 4.90 Å². The highest BCUT2D eigenvalue weighted by Gasteiger charge is 2.20. The van der Waals surface area contributed by atoms with Gasteiger partial charge in [0.2, 0.25) is 5.91 Å². The summed E-state index contributed by atoms with van der Waals surface area (Å²) in [5.74, 6) is -5.23. The minimum Gasteiger partial charge on any atom is -0.484 e. The van der Waals surface area contributed by atoms with Crippen molar-refractivity contribution in [2.75, 3.05) is 25.0 Å². The predicted octanol–water partition coefficient (Wildman–Crippen LogP) is 4.12. The summed E-state index contributed by atoms with van der Waals surface area (Å²) in [4.78, 5) is 25.7. The van der Waals surface area contributed by atoms with Gasteiger partial charge in [-0.3, -0.25) is 9.59 Å². The van der Waals surface area contributed by atoms with Crippen LogP contribution in [0.3, 0.4) is 0 Å². The molecule has 0 aromatic heterocycles. The number of nitrogens with zero attached hydrogens (tertiary/aromatic N) is 1. The summed E-state index contributed by atoms with van der Waals surface area (Å²) in [6.45, 7) is 1.43. The second-order valence-electron chi connectivity index (χ2n) is 5.83. The van der Waals surface area contributed by atoms with Crippen LogP contribution in [-0.4, -0.2) is 36.4 Å². The highest BCUT2D eigenvalue weighted by atomic mass is 79.9. The molecule has 0 fully saturated rings. The minimum atomic E-state index is -1.68. The minimum absolute atomic E-state index is 0.274. The van der Waals surface area contributed by atoms with E-state index in [0.717, 1.165) is 10.5 Å². The fourth-order valence-corrected chi connectivity index (χ4v) is 2.58. The van der Waals surface area contributed by atoms with Crippen LogP contribution in [0.15, 0.2) is 40.9 Å². The summed E-state index contributed by atoms with van der Waals surface area (Å²) in [5, 5.41) is 2.14. The van der Waals surface area contributed by atoms with Gasteiger partial charge in [0, 0.05) is 11.0 Å². The number of rotatable bonds is 8. The molecule has 0 aliphatic rings. The van der Waals surface area contributed by atoms with E-state index in [1.54, 1.807) is 24.3 Å². The van der Waals surface area contributed by atoms with E-state index in [1.165, 1.54) is 4.90 Å². The summed E-state index contributed by atoms with van der Waals surface area (Å²) >= 11 is 3.29. The Bertz CT molecular complexity index is 847. The Labute approximate surface area is 168 Å². The molecule has 0 saturated heterocycles. The molecule has 0 heterocycles. The third kappa shape index (κ3) is 5.98. The van der Waals surface area contributed by atoms with Crippen molar-refractivity contribution in [3.8, 4) is 5.75 Å². The van der Waals surface area contributed by atoms with Crippen LogP contribution in [0, 0.1) is 17.5 Å². The van der Waals surface area contributed by atoms with Gasteiger partial charge in [-0.15, -0.1) is 0 Å². The molecule has 0 aliphatic carbocycles. The second kappa shape index (κ2) is 10.1. The van der Waals surface area contributed by atoms with E-state index >= 15 is 0 Å². The zero-order valence-electron chi connectivity index (χ0n) is 15.0. The summed E-state index contributed by atoms with van der Waals surface area (Å²) in [7, 11) is 0. The molecule has 5 nitrogen and oxygen atoms in total. The van der Waals surface area contributed by atoms with Crippen LogP contribution >= 0.6 is 15.9 Å². The van der Waals surface area contributed by atoms with Crippen molar-refractivity contribution in [2.45, 2.75) is 13.3 Å². The van der Waals surface area contributed by atoms with Gasteiger partial charge in [-0.2, -0.15) is 0 Å². The first-order valence-electron chi connectivity index (χ1n) is 8.41. The zero-order chi connectivity index (χ0) is 20.7. The number of ether oxygens (including phenoxy) is 1. The topological polar surface area (TPSA) is 58.6 Å². The highest BCUT2D eigenvalue weighted by molar-refractivity contribution is 9.10. The molecule has 2 aromatic carbocycles. The number of anilines is 1. The average molecular weight is 459 g/mol. The van der Waals surface area contributed by atoms with E-state index in [9.17, 15) is 22.8 Å². The summed E-state index contributed by atoms with van der Waals surface area (Å²) < 4.78 is 46.2.